The molecule has 0 aliphatic carbocycles. The molecule has 1 nitrogen and oxygen atoms in total. The summed E-state index contributed by atoms with van der Waals surface area (Å²) in [4.78, 5) is 0. The first-order valence-corrected chi connectivity index (χ1v) is 7.92. The fraction of sp³-hybridized carbons (Fsp3) is 0.0952. The van der Waals surface area contributed by atoms with E-state index in [2.05, 4.69) is 30.3 Å². The molecule has 0 spiro atoms. The molecule has 0 aliphatic heterocycles. The summed E-state index contributed by atoms with van der Waals surface area (Å²) in [7, 11) is 0. The molecule has 0 aromatic heterocycles. The van der Waals surface area contributed by atoms with Gasteiger partial charge in [-0.1, -0.05) is 84.4 Å². The van der Waals surface area contributed by atoms with Gasteiger partial charge in [-0.25, -0.2) is 0 Å². The van der Waals surface area contributed by atoms with Crippen molar-refractivity contribution >= 4 is 11.6 Å². The van der Waals surface area contributed by atoms with Gasteiger partial charge in [0, 0.05) is 10.9 Å². The van der Waals surface area contributed by atoms with Crippen LogP contribution in [-0.4, -0.2) is 0 Å². The van der Waals surface area contributed by atoms with Crippen LogP contribution in [0.3, 0.4) is 0 Å². The van der Waals surface area contributed by atoms with Crippen molar-refractivity contribution in [2.75, 3.05) is 0 Å². The molecule has 0 fully saturated rings. The third kappa shape index (κ3) is 3.44. The molecule has 3 aromatic carbocycles. The zero-order chi connectivity index (χ0) is 16.1. The Balaban J connectivity index is 2.10. The largest absolute Gasteiger partial charge is 0.198 e. The zero-order valence-electron chi connectivity index (χ0n) is 12.6. The number of rotatable bonds is 4. The molecule has 1 atom stereocenters. The van der Waals surface area contributed by atoms with Crippen LogP contribution in [0.5, 0.6) is 0 Å². The molecule has 23 heavy (non-hydrogen) atoms. The highest BCUT2D eigenvalue weighted by Gasteiger charge is 2.26. The van der Waals surface area contributed by atoms with E-state index in [-0.39, 0.29) is 11.8 Å². The minimum atomic E-state index is -0.267. The highest BCUT2D eigenvalue weighted by atomic mass is 35.5. The smallest absolute Gasteiger partial charge is 0.0821 e. The third-order valence-corrected chi connectivity index (χ3v) is 4.27. The Kier molecular flexibility index (Phi) is 4.76. The van der Waals surface area contributed by atoms with Crippen molar-refractivity contribution in [3.8, 4) is 6.07 Å². The van der Waals surface area contributed by atoms with Crippen molar-refractivity contribution in [1.29, 1.82) is 5.26 Å². The predicted molar refractivity (Wildman–Crippen MR) is 94.5 cm³/mol. The Morgan fingerprint density at radius 3 is 1.57 bits per heavy atom. The summed E-state index contributed by atoms with van der Waals surface area (Å²) in [5.41, 5.74) is 3.26. The van der Waals surface area contributed by atoms with Gasteiger partial charge in [-0.15, -0.1) is 0 Å². The van der Waals surface area contributed by atoms with Crippen molar-refractivity contribution in [1.82, 2.24) is 0 Å². The quantitative estimate of drug-likeness (QED) is 0.598. The van der Waals surface area contributed by atoms with Crippen LogP contribution in [0.2, 0.25) is 5.02 Å². The average Bonchev–Trinajstić information content (AvgIpc) is 2.62. The molecular formula is C21H16ClN. The van der Waals surface area contributed by atoms with Gasteiger partial charge < -0.3 is 0 Å². The second-order valence-electron chi connectivity index (χ2n) is 5.46. The lowest BCUT2D eigenvalue weighted by molar-refractivity contribution is 0.726. The molecule has 0 aliphatic rings. The second kappa shape index (κ2) is 7.13. The Morgan fingerprint density at radius 2 is 1.13 bits per heavy atom. The van der Waals surface area contributed by atoms with E-state index in [4.69, 9.17) is 11.6 Å². The first kappa shape index (κ1) is 15.3. The van der Waals surface area contributed by atoms with E-state index in [1.807, 2.05) is 60.7 Å². The lowest BCUT2D eigenvalue weighted by Gasteiger charge is -2.23. The number of benzene rings is 3. The lowest BCUT2D eigenvalue weighted by atomic mass is 9.78. The van der Waals surface area contributed by atoms with Crippen LogP contribution in [0, 0.1) is 11.3 Å². The van der Waals surface area contributed by atoms with Gasteiger partial charge in [-0.05, 0) is 28.8 Å². The molecule has 0 radical (unpaired) electrons. The number of hydrogen-bond donors (Lipinski definition) is 0. The molecule has 0 saturated heterocycles. The second-order valence-corrected chi connectivity index (χ2v) is 5.89. The fourth-order valence-electron chi connectivity index (χ4n) is 2.91. The maximum absolute atomic E-state index is 9.86. The molecule has 0 N–H and O–H groups in total. The number of nitriles is 1. The molecule has 0 bridgehead atoms. The minimum absolute atomic E-state index is 0.0106. The van der Waals surface area contributed by atoms with Crippen molar-refractivity contribution in [2.24, 2.45) is 0 Å². The van der Waals surface area contributed by atoms with Crippen LogP contribution in [0.15, 0.2) is 84.9 Å². The van der Waals surface area contributed by atoms with Crippen LogP contribution in [0.25, 0.3) is 0 Å². The highest BCUT2D eigenvalue weighted by Crippen LogP contribution is 2.38. The van der Waals surface area contributed by atoms with Gasteiger partial charge in [0.1, 0.15) is 0 Å². The Morgan fingerprint density at radius 1 is 0.652 bits per heavy atom. The van der Waals surface area contributed by atoms with Crippen molar-refractivity contribution in [3.05, 3.63) is 107 Å². The summed E-state index contributed by atoms with van der Waals surface area (Å²) >= 11 is 5.99. The topological polar surface area (TPSA) is 23.8 Å². The van der Waals surface area contributed by atoms with Crippen molar-refractivity contribution in [3.63, 3.8) is 0 Å². The maximum atomic E-state index is 9.86. The predicted octanol–water partition coefficient (Wildman–Crippen LogP) is 5.78. The van der Waals surface area contributed by atoms with Crippen LogP contribution >= 0.6 is 11.6 Å². The van der Waals surface area contributed by atoms with E-state index in [1.165, 1.54) is 0 Å². The van der Waals surface area contributed by atoms with E-state index in [0.717, 1.165) is 16.7 Å². The van der Waals surface area contributed by atoms with Crippen molar-refractivity contribution < 1.29 is 0 Å². The number of halogens is 1. The fourth-order valence-corrected chi connectivity index (χ4v) is 3.04. The Labute approximate surface area is 141 Å². The van der Waals surface area contributed by atoms with Gasteiger partial charge in [-0.2, -0.15) is 5.26 Å². The van der Waals surface area contributed by atoms with Gasteiger partial charge >= 0.3 is 0 Å². The average molecular weight is 318 g/mol. The normalized spacial score (nSPS) is 11.9. The van der Waals surface area contributed by atoms with Gasteiger partial charge in [-0.3, -0.25) is 0 Å². The summed E-state index contributed by atoms with van der Waals surface area (Å²) in [5.74, 6) is -0.277. The van der Waals surface area contributed by atoms with Gasteiger partial charge in [0.2, 0.25) is 0 Å². The molecule has 0 amide bonds. The Bertz CT molecular complexity index is 749. The van der Waals surface area contributed by atoms with E-state index >= 15 is 0 Å². The Hall–Kier alpha value is -2.56. The SMILES string of the molecule is N#C[C@H](c1ccc(Cl)cc1)C(c1ccccc1)c1ccccc1. The summed E-state index contributed by atoms with van der Waals surface area (Å²) in [5, 5.41) is 10.5. The van der Waals surface area contributed by atoms with Gasteiger partial charge in [0.05, 0.1) is 12.0 Å². The number of hydrogen-bond acceptors (Lipinski definition) is 1. The van der Waals surface area contributed by atoms with Crippen LogP contribution in [-0.2, 0) is 0 Å². The van der Waals surface area contributed by atoms with Gasteiger partial charge in [0.15, 0.2) is 0 Å². The van der Waals surface area contributed by atoms with E-state index in [0.29, 0.717) is 5.02 Å². The van der Waals surface area contributed by atoms with Gasteiger partial charge in [0.25, 0.3) is 0 Å². The summed E-state index contributed by atoms with van der Waals surface area (Å²) in [6, 6.07) is 30.4. The molecule has 0 saturated carbocycles. The molecule has 0 unspecified atom stereocenters. The monoisotopic (exact) mass is 317 g/mol. The lowest BCUT2D eigenvalue weighted by Crippen LogP contribution is -2.11. The van der Waals surface area contributed by atoms with E-state index < -0.39 is 0 Å². The molecule has 2 heteroatoms. The van der Waals surface area contributed by atoms with E-state index in [1.54, 1.807) is 0 Å². The maximum Gasteiger partial charge on any atom is 0.0821 e. The molecule has 3 aromatic rings. The van der Waals surface area contributed by atoms with Crippen LogP contribution in [0.1, 0.15) is 28.5 Å². The van der Waals surface area contributed by atoms with Crippen molar-refractivity contribution in [2.45, 2.75) is 11.8 Å². The highest BCUT2D eigenvalue weighted by molar-refractivity contribution is 6.30. The first-order valence-electron chi connectivity index (χ1n) is 7.54. The first-order chi connectivity index (χ1) is 11.3. The third-order valence-electron chi connectivity index (χ3n) is 4.02. The summed E-state index contributed by atoms with van der Waals surface area (Å²) in [6.45, 7) is 0. The minimum Gasteiger partial charge on any atom is -0.198 e. The zero-order valence-corrected chi connectivity index (χ0v) is 13.3. The number of nitrogens with zero attached hydrogens (tertiary/aromatic N) is 1. The van der Waals surface area contributed by atoms with Crippen LogP contribution in [0.4, 0.5) is 0 Å². The standard InChI is InChI=1S/C21H16ClN/c22-19-13-11-16(12-14-19)20(15-23)21(17-7-3-1-4-8-17)18-9-5-2-6-10-18/h1-14,20-21H/t20-/m1/s1. The molecular weight excluding hydrogens is 302 g/mol. The summed E-state index contributed by atoms with van der Waals surface area (Å²) in [6.07, 6.45) is 0. The molecule has 0 heterocycles. The van der Waals surface area contributed by atoms with E-state index in [9.17, 15) is 5.26 Å². The molecule has 112 valence electrons. The molecule has 3 rings (SSSR count). The van der Waals surface area contributed by atoms with Crippen LogP contribution < -0.4 is 0 Å². The summed E-state index contributed by atoms with van der Waals surface area (Å²) < 4.78 is 0.